The summed E-state index contributed by atoms with van der Waals surface area (Å²) < 4.78 is 13.6. The highest BCUT2D eigenvalue weighted by atomic mass is 35.5. The van der Waals surface area contributed by atoms with E-state index in [9.17, 15) is 9.18 Å². The van der Waals surface area contributed by atoms with Crippen molar-refractivity contribution in [3.05, 3.63) is 58.1 Å². The molecule has 1 aromatic heterocycles. The number of nitrogens with one attached hydrogen (secondary N) is 1. The van der Waals surface area contributed by atoms with Crippen LogP contribution in [0.1, 0.15) is 21.5 Å². The van der Waals surface area contributed by atoms with Crippen molar-refractivity contribution < 1.29 is 9.18 Å². The topological polar surface area (TPSA) is 65.8 Å². The van der Waals surface area contributed by atoms with Crippen molar-refractivity contribution in [1.29, 1.82) is 5.26 Å². The predicted octanol–water partition coefficient (Wildman–Crippen LogP) is 3.31. The molecular weight excluding hydrogens is 281 g/mol. The lowest BCUT2D eigenvalue weighted by Gasteiger charge is -2.10. The lowest BCUT2D eigenvalue weighted by molar-refractivity contribution is 0.102. The lowest BCUT2D eigenvalue weighted by atomic mass is 10.1. The molecular formula is C14H9ClFN3O. The predicted molar refractivity (Wildman–Crippen MR) is 73.1 cm³/mol. The van der Waals surface area contributed by atoms with E-state index in [1.165, 1.54) is 25.3 Å². The number of benzene rings is 1. The number of amides is 1. The zero-order valence-corrected chi connectivity index (χ0v) is 11.2. The summed E-state index contributed by atoms with van der Waals surface area (Å²) in [6, 6.07) is 7.42. The molecule has 0 spiro atoms. The second-order valence-electron chi connectivity index (χ2n) is 4.04. The number of aromatic nitrogens is 1. The zero-order valence-electron chi connectivity index (χ0n) is 10.4. The minimum atomic E-state index is -0.559. The number of hydrogen-bond donors (Lipinski definition) is 1. The van der Waals surface area contributed by atoms with Gasteiger partial charge >= 0.3 is 0 Å². The molecule has 2 rings (SSSR count). The molecule has 20 heavy (non-hydrogen) atoms. The first kappa shape index (κ1) is 14.0. The molecule has 0 saturated heterocycles. The maximum atomic E-state index is 13.6. The van der Waals surface area contributed by atoms with E-state index in [4.69, 9.17) is 16.9 Å². The van der Waals surface area contributed by atoms with Crippen LogP contribution in [-0.2, 0) is 0 Å². The van der Waals surface area contributed by atoms with Crippen LogP contribution in [0.25, 0.3) is 0 Å². The number of nitrogens with zero attached hydrogens (tertiary/aromatic N) is 2. The molecule has 0 unspecified atom stereocenters. The van der Waals surface area contributed by atoms with Gasteiger partial charge in [-0.15, -0.1) is 0 Å². The molecule has 4 nitrogen and oxygen atoms in total. The summed E-state index contributed by atoms with van der Waals surface area (Å²) in [5, 5.41) is 11.4. The fourth-order valence-corrected chi connectivity index (χ4v) is 1.82. The molecule has 0 aliphatic heterocycles. The Balaban J connectivity index is 2.36. The third-order valence-electron chi connectivity index (χ3n) is 2.73. The van der Waals surface area contributed by atoms with Gasteiger partial charge in [-0.2, -0.15) is 5.26 Å². The molecule has 0 aliphatic carbocycles. The molecule has 0 aliphatic rings. The minimum Gasteiger partial charge on any atom is -0.322 e. The number of carbonyl (C=O) groups is 1. The zero-order chi connectivity index (χ0) is 14.7. The number of halogens is 2. The Hall–Kier alpha value is -2.45. The van der Waals surface area contributed by atoms with Crippen LogP contribution in [0.2, 0.25) is 5.15 Å². The average Bonchev–Trinajstić information content (AvgIpc) is 2.43. The number of carbonyl (C=O) groups excluding carboxylic acids is 1. The first-order chi connectivity index (χ1) is 9.52. The van der Waals surface area contributed by atoms with E-state index >= 15 is 0 Å². The molecule has 0 fully saturated rings. The van der Waals surface area contributed by atoms with Crippen molar-refractivity contribution in [2.75, 3.05) is 5.32 Å². The van der Waals surface area contributed by atoms with Crippen LogP contribution in [0.3, 0.4) is 0 Å². The van der Waals surface area contributed by atoms with Crippen molar-refractivity contribution in [2.45, 2.75) is 6.92 Å². The second-order valence-corrected chi connectivity index (χ2v) is 4.40. The van der Waals surface area contributed by atoms with Crippen molar-refractivity contribution >= 4 is 23.2 Å². The van der Waals surface area contributed by atoms with Crippen LogP contribution in [0.15, 0.2) is 30.5 Å². The maximum Gasteiger partial charge on any atom is 0.258 e. The fraction of sp³-hybridized carbons (Fsp3) is 0.0714. The number of rotatable bonds is 2. The molecule has 0 saturated carbocycles. The van der Waals surface area contributed by atoms with Gasteiger partial charge in [-0.1, -0.05) is 11.6 Å². The highest BCUT2D eigenvalue weighted by Crippen LogP contribution is 2.22. The SMILES string of the molecule is Cc1c(F)cc(C#N)cc1NC(=O)c1cccnc1Cl. The number of hydrogen-bond acceptors (Lipinski definition) is 3. The van der Waals surface area contributed by atoms with E-state index in [2.05, 4.69) is 10.3 Å². The number of nitriles is 1. The van der Waals surface area contributed by atoms with Gasteiger partial charge in [-0.05, 0) is 31.2 Å². The number of pyridine rings is 1. The Morgan fingerprint density at radius 3 is 2.90 bits per heavy atom. The summed E-state index contributed by atoms with van der Waals surface area (Å²) in [4.78, 5) is 15.9. The van der Waals surface area contributed by atoms with Crippen LogP contribution in [0.4, 0.5) is 10.1 Å². The van der Waals surface area contributed by atoms with Crippen molar-refractivity contribution in [1.82, 2.24) is 4.98 Å². The second kappa shape index (κ2) is 5.68. The van der Waals surface area contributed by atoms with Crippen LogP contribution in [0.5, 0.6) is 0 Å². The quantitative estimate of drug-likeness (QED) is 0.863. The summed E-state index contributed by atoms with van der Waals surface area (Å²) in [5.41, 5.74) is 0.779. The van der Waals surface area contributed by atoms with Gasteiger partial charge in [0.15, 0.2) is 0 Å². The van der Waals surface area contributed by atoms with E-state index in [-0.39, 0.29) is 27.5 Å². The molecule has 1 amide bonds. The maximum absolute atomic E-state index is 13.6. The number of anilines is 1. The van der Waals surface area contributed by atoms with Gasteiger partial charge in [0, 0.05) is 17.4 Å². The highest BCUT2D eigenvalue weighted by Gasteiger charge is 2.14. The molecule has 6 heteroatoms. The van der Waals surface area contributed by atoms with Crippen LogP contribution < -0.4 is 5.32 Å². The highest BCUT2D eigenvalue weighted by molar-refractivity contribution is 6.33. The van der Waals surface area contributed by atoms with E-state index < -0.39 is 11.7 Å². The summed E-state index contributed by atoms with van der Waals surface area (Å²) in [6.45, 7) is 1.51. The van der Waals surface area contributed by atoms with Crippen LogP contribution in [0, 0.1) is 24.1 Å². The van der Waals surface area contributed by atoms with Gasteiger partial charge in [0.1, 0.15) is 11.0 Å². The summed E-state index contributed by atoms with van der Waals surface area (Å²) >= 11 is 5.82. The van der Waals surface area contributed by atoms with E-state index in [1.54, 1.807) is 6.07 Å². The van der Waals surface area contributed by atoms with Gasteiger partial charge in [0.05, 0.1) is 17.2 Å². The van der Waals surface area contributed by atoms with Crippen LogP contribution >= 0.6 is 11.6 Å². The normalized spacial score (nSPS) is 9.90. The molecule has 0 bridgehead atoms. The van der Waals surface area contributed by atoms with Gasteiger partial charge in [-0.25, -0.2) is 9.37 Å². The van der Waals surface area contributed by atoms with Gasteiger partial charge in [0.2, 0.25) is 0 Å². The third-order valence-corrected chi connectivity index (χ3v) is 3.03. The Kier molecular flexibility index (Phi) is 3.97. The Bertz CT molecular complexity index is 725. The standard InChI is InChI=1S/C14H9ClFN3O/c1-8-11(16)5-9(7-17)6-12(8)19-14(20)10-3-2-4-18-13(10)15/h2-6H,1H3,(H,19,20). The lowest BCUT2D eigenvalue weighted by Crippen LogP contribution is -2.14. The molecule has 1 heterocycles. The summed E-state index contributed by atoms with van der Waals surface area (Å²) in [6.07, 6.45) is 1.46. The molecule has 0 radical (unpaired) electrons. The van der Waals surface area contributed by atoms with Gasteiger partial charge in [-0.3, -0.25) is 4.79 Å². The molecule has 1 N–H and O–H groups in total. The summed E-state index contributed by atoms with van der Waals surface area (Å²) in [7, 11) is 0. The molecule has 1 aromatic carbocycles. The largest absolute Gasteiger partial charge is 0.322 e. The Morgan fingerprint density at radius 1 is 1.50 bits per heavy atom. The molecule has 0 atom stereocenters. The minimum absolute atomic E-state index is 0.0552. The monoisotopic (exact) mass is 289 g/mol. The average molecular weight is 290 g/mol. The van der Waals surface area contributed by atoms with Crippen LogP contribution in [-0.4, -0.2) is 10.9 Å². The van der Waals surface area contributed by atoms with Crippen molar-refractivity contribution in [2.24, 2.45) is 0 Å². The summed E-state index contributed by atoms with van der Waals surface area (Å²) in [5.74, 6) is -1.07. The first-order valence-corrected chi connectivity index (χ1v) is 6.03. The first-order valence-electron chi connectivity index (χ1n) is 5.65. The van der Waals surface area contributed by atoms with Crippen molar-refractivity contribution in [3.8, 4) is 6.07 Å². The van der Waals surface area contributed by atoms with Crippen molar-refractivity contribution in [3.63, 3.8) is 0 Å². The Morgan fingerprint density at radius 2 is 2.25 bits per heavy atom. The molecule has 100 valence electrons. The fourth-order valence-electron chi connectivity index (χ4n) is 1.62. The molecule has 2 aromatic rings. The Labute approximate surface area is 119 Å². The van der Waals surface area contributed by atoms with E-state index in [1.807, 2.05) is 6.07 Å². The van der Waals surface area contributed by atoms with E-state index in [0.717, 1.165) is 6.07 Å². The van der Waals surface area contributed by atoms with Gasteiger partial charge < -0.3 is 5.32 Å². The van der Waals surface area contributed by atoms with E-state index in [0.29, 0.717) is 0 Å². The third kappa shape index (κ3) is 2.76. The van der Waals surface area contributed by atoms with Gasteiger partial charge in [0.25, 0.3) is 5.91 Å². The smallest absolute Gasteiger partial charge is 0.258 e.